The van der Waals surface area contributed by atoms with Crippen LogP contribution in [0.5, 0.6) is 0 Å². The van der Waals surface area contributed by atoms with Crippen molar-refractivity contribution in [3.63, 3.8) is 0 Å². The van der Waals surface area contributed by atoms with Crippen molar-refractivity contribution in [2.45, 2.75) is 62.7 Å². The third-order valence-electron chi connectivity index (χ3n) is 6.66. The minimum atomic E-state index is -0.368. The van der Waals surface area contributed by atoms with Crippen LogP contribution < -0.4 is 0 Å². The summed E-state index contributed by atoms with van der Waals surface area (Å²) >= 11 is 0. The van der Waals surface area contributed by atoms with Crippen molar-refractivity contribution in [2.75, 3.05) is 13.1 Å². The zero-order valence-electron chi connectivity index (χ0n) is 15.6. The Bertz CT molecular complexity index is 813. The van der Waals surface area contributed by atoms with Crippen molar-refractivity contribution in [2.24, 2.45) is 0 Å². The van der Waals surface area contributed by atoms with Crippen LogP contribution in [0.25, 0.3) is 0 Å². The standard InChI is InChI=1S/C21H26N4O2/c26-20(21(10-5-2-6-11-21)16-7-3-1-4-8-16)24-12-9-19-18(14-24)25-17(15-27-19)13-22-23-25/h1,3-4,7-8,13,18-19H,2,5-6,9-12,14-15H2/t18-,19-/m0/s1. The Kier molecular flexibility index (Phi) is 4.23. The molecule has 1 aromatic carbocycles. The van der Waals surface area contributed by atoms with Crippen molar-refractivity contribution in [3.05, 3.63) is 47.8 Å². The third kappa shape index (κ3) is 2.78. The maximum atomic E-state index is 13.8. The summed E-state index contributed by atoms with van der Waals surface area (Å²) in [6.45, 7) is 1.99. The van der Waals surface area contributed by atoms with Crippen LogP contribution in [0.3, 0.4) is 0 Å². The zero-order chi connectivity index (χ0) is 18.3. The van der Waals surface area contributed by atoms with Crippen molar-refractivity contribution in [3.8, 4) is 0 Å². The first-order chi connectivity index (χ1) is 13.3. The monoisotopic (exact) mass is 366 g/mol. The molecular formula is C21H26N4O2. The number of fused-ring (bicyclic) bond motifs is 3. The van der Waals surface area contributed by atoms with E-state index in [9.17, 15) is 4.79 Å². The molecule has 6 nitrogen and oxygen atoms in total. The van der Waals surface area contributed by atoms with E-state index in [1.807, 2.05) is 10.7 Å². The molecule has 2 aromatic rings. The largest absolute Gasteiger partial charge is 0.370 e. The highest BCUT2D eigenvalue weighted by Gasteiger charge is 2.46. The molecule has 0 spiro atoms. The topological polar surface area (TPSA) is 60.3 Å². The number of hydrogen-bond donors (Lipinski definition) is 0. The molecule has 3 heterocycles. The zero-order valence-corrected chi connectivity index (χ0v) is 15.6. The Morgan fingerprint density at radius 1 is 1.15 bits per heavy atom. The van der Waals surface area contributed by atoms with E-state index in [-0.39, 0.29) is 17.6 Å². The molecule has 1 aromatic heterocycles. The maximum absolute atomic E-state index is 13.8. The maximum Gasteiger partial charge on any atom is 0.233 e. The number of ether oxygens (including phenoxy) is 1. The summed E-state index contributed by atoms with van der Waals surface area (Å²) < 4.78 is 7.99. The van der Waals surface area contributed by atoms with Gasteiger partial charge in [0.1, 0.15) is 0 Å². The summed E-state index contributed by atoms with van der Waals surface area (Å²) in [6.07, 6.45) is 8.12. The number of benzene rings is 1. The molecule has 3 aliphatic rings. The molecule has 0 radical (unpaired) electrons. The second kappa shape index (κ2) is 6.75. The lowest BCUT2D eigenvalue weighted by atomic mass is 9.68. The smallest absolute Gasteiger partial charge is 0.233 e. The first-order valence-electron chi connectivity index (χ1n) is 10.1. The molecule has 5 rings (SSSR count). The first-order valence-corrected chi connectivity index (χ1v) is 10.1. The van der Waals surface area contributed by atoms with Gasteiger partial charge in [0.2, 0.25) is 5.91 Å². The lowest BCUT2D eigenvalue weighted by Crippen LogP contribution is -2.55. The quantitative estimate of drug-likeness (QED) is 0.820. The van der Waals surface area contributed by atoms with Crippen LogP contribution in [0.4, 0.5) is 0 Å². The van der Waals surface area contributed by atoms with E-state index in [0.717, 1.165) is 44.3 Å². The van der Waals surface area contributed by atoms with Crippen LogP contribution in [-0.4, -0.2) is 45.0 Å². The molecule has 0 bridgehead atoms. The number of amides is 1. The normalized spacial score (nSPS) is 26.9. The molecule has 1 saturated carbocycles. The summed E-state index contributed by atoms with van der Waals surface area (Å²) in [5, 5.41) is 8.32. The molecule has 2 fully saturated rings. The van der Waals surface area contributed by atoms with Crippen molar-refractivity contribution in [1.82, 2.24) is 19.9 Å². The average Bonchev–Trinajstić information content (AvgIpc) is 3.23. The van der Waals surface area contributed by atoms with Gasteiger partial charge in [0, 0.05) is 13.1 Å². The molecule has 1 aliphatic carbocycles. The van der Waals surface area contributed by atoms with Gasteiger partial charge in [0.15, 0.2) is 0 Å². The highest BCUT2D eigenvalue weighted by atomic mass is 16.5. The summed E-state index contributed by atoms with van der Waals surface area (Å²) in [5.41, 5.74) is 1.81. The van der Waals surface area contributed by atoms with Crippen molar-refractivity contribution >= 4 is 5.91 Å². The predicted octanol–water partition coefficient (Wildman–Crippen LogP) is 2.85. The summed E-state index contributed by atoms with van der Waals surface area (Å²) in [7, 11) is 0. The van der Waals surface area contributed by atoms with E-state index < -0.39 is 0 Å². The molecule has 1 saturated heterocycles. The molecule has 27 heavy (non-hydrogen) atoms. The number of likely N-dealkylation sites (tertiary alicyclic amines) is 1. The van der Waals surface area contributed by atoms with Gasteiger partial charge in [-0.15, -0.1) is 5.10 Å². The first kappa shape index (κ1) is 16.9. The molecule has 0 unspecified atom stereocenters. The lowest BCUT2D eigenvalue weighted by Gasteiger charge is -2.45. The Balaban J connectivity index is 1.44. The Labute approximate surface area is 159 Å². The van der Waals surface area contributed by atoms with Gasteiger partial charge in [-0.25, -0.2) is 4.68 Å². The molecule has 2 aliphatic heterocycles. The van der Waals surface area contributed by atoms with Gasteiger partial charge in [0.05, 0.1) is 36.1 Å². The Hall–Kier alpha value is -2.21. The second-order valence-corrected chi connectivity index (χ2v) is 8.14. The molecule has 6 heteroatoms. The fraction of sp³-hybridized carbons (Fsp3) is 0.571. The van der Waals surface area contributed by atoms with Gasteiger partial charge in [0.25, 0.3) is 0 Å². The van der Waals surface area contributed by atoms with Gasteiger partial charge in [-0.2, -0.15) is 0 Å². The van der Waals surface area contributed by atoms with Crippen LogP contribution >= 0.6 is 0 Å². The summed E-state index contributed by atoms with van der Waals surface area (Å²) in [5.74, 6) is 0.291. The van der Waals surface area contributed by atoms with Gasteiger partial charge in [-0.05, 0) is 24.8 Å². The Morgan fingerprint density at radius 3 is 2.78 bits per heavy atom. The van der Waals surface area contributed by atoms with E-state index in [1.165, 1.54) is 12.0 Å². The van der Waals surface area contributed by atoms with Gasteiger partial charge in [-0.1, -0.05) is 54.8 Å². The predicted molar refractivity (Wildman–Crippen MR) is 100 cm³/mol. The molecule has 0 N–H and O–H groups in total. The molecular weight excluding hydrogens is 340 g/mol. The number of hydrogen-bond acceptors (Lipinski definition) is 4. The number of piperidine rings is 1. The van der Waals surface area contributed by atoms with Gasteiger partial charge >= 0.3 is 0 Å². The van der Waals surface area contributed by atoms with Crippen LogP contribution in [-0.2, 0) is 21.6 Å². The number of carbonyl (C=O) groups excluding carboxylic acids is 1. The lowest BCUT2D eigenvalue weighted by molar-refractivity contribution is -0.145. The van der Waals surface area contributed by atoms with Gasteiger partial charge in [-0.3, -0.25) is 4.79 Å². The minimum Gasteiger partial charge on any atom is -0.370 e. The number of nitrogens with zero attached hydrogens (tertiary/aromatic N) is 4. The third-order valence-corrected chi connectivity index (χ3v) is 6.66. The van der Waals surface area contributed by atoms with Crippen LogP contribution in [0, 0.1) is 0 Å². The molecule has 1 amide bonds. The molecule has 2 atom stereocenters. The fourth-order valence-corrected chi connectivity index (χ4v) is 5.20. The van der Waals surface area contributed by atoms with Gasteiger partial charge < -0.3 is 9.64 Å². The average molecular weight is 366 g/mol. The van der Waals surface area contributed by atoms with Crippen molar-refractivity contribution < 1.29 is 9.53 Å². The molecule has 142 valence electrons. The van der Waals surface area contributed by atoms with E-state index in [4.69, 9.17) is 4.74 Å². The van der Waals surface area contributed by atoms with Crippen molar-refractivity contribution in [1.29, 1.82) is 0 Å². The van der Waals surface area contributed by atoms with E-state index in [1.54, 1.807) is 6.20 Å². The Morgan fingerprint density at radius 2 is 1.96 bits per heavy atom. The number of aromatic nitrogens is 3. The van der Waals surface area contributed by atoms with Crippen LogP contribution in [0.15, 0.2) is 36.5 Å². The van der Waals surface area contributed by atoms with E-state index >= 15 is 0 Å². The van der Waals surface area contributed by atoms with E-state index in [2.05, 4.69) is 39.5 Å². The fourth-order valence-electron chi connectivity index (χ4n) is 5.20. The van der Waals surface area contributed by atoms with Crippen LogP contribution in [0.1, 0.15) is 55.8 Å². The van der Waals surface area contributed by atoms with E-state index in [0.29, 0.717) is 19.1 Å². The highest BCUT2D eigenvalue weighted by molar-refractivity contribution is 5.88. The second-order valence-electron chi connectivity index (χ2n) is 8.14. The highest BCUT2D eigenvalue weighted by Crippen LogP contribution is 2.42. The minimum absolute atomic E-state index is 0.0744. The number of rotatable bonds is 2. The van der Waals surface area contributed by atoms with Crippen LogP contribution in [0.2, 0.25) is 0 Å². The summed E-state index contributed by atoms with van der Waals surface area (Å²) in [6, 6.07) is 10.5. The number of carbonyl (C=O) groups is 1. The summed E-state index contributed by atoms with van der Waals surface area (Å²) in [4.78, 5) is 15.9. The SMILES string of the molecule is O=C(N1CC[C@@H]2OCc3cnnn3[C@H]2C1)C1(c2ccccc2)CCCCC1.